The summed E-state index contributed by atoms with van der Waals surface area (Å²) in [5.74, 6) is 1.26. The number of nitrogens with one attached hydrogen (secondary N) is 1. The summed E-state index contributed by atoms with van der Waals surface area (Å²) in [6.45, 7) is 7.70. The van der Waals surface area contributed by atoms with Crippen molar-refractivity contribution in [3.05, 3.63) is 53.3 Å². The van der Waals surface area contributed by atoms with Gasteiger partial charge in [0.15, 0.2) is 0 Å². The van der Waals surface area contributed by atoms with Gasteiger partial charge >= 0.3 is 6.09 Å². The lowest BCUT2D eigenvalue weighted by atomic mass is 10.1. The Morgan fingerprint density at radius 2 is 1.83 bits per heavy atom. The van der Waals surface area contributed by atoms with Crippen molar-refractivity contribution < 1.29 is 14.3 Å². The highest BCUT2D eigenvalue weighted by atomic mass is 16.6. The first-order chi connectivity index (χ1) is 14.2. The maximum Gasteiger partial charge on any atom is 0.410 e. The topological polar surface area (TPSA) is 76.5 Å². The van der Waals surface area contributed by atoms with Gasteiger partial charge in [-0.1, -0.05) is 30.3 Å². The largest absolute Gasteiger partial charge is 0.444 e. The Hall–Kier alpha value is -2.83. The van der Waals surface area contributed by atoms with Gasteiger partial charge in [0.25, 0.3) is 5.91 Å². The lowest BCUT2D eigenvalue weighted by Crippen LogP contribution is -2.38. The van der Waals surface area contributed by atoms with Gasteiger partial charge in [-0.2, -0.15) is 5.10 Å². The third-order valence-corrected chi connectivity index (χ3v) is 6.04. The Morgan fingerprint density at radius 3 is 2.47 bits per heavy atom. The van der Waals surface area contributed by atoms with E-state index in [1.54, 1.807) is 15.8 Å². The Balaban J connectivity index is 1.29. The van der Waals surface area contributed by atoms with Crippen molar-refractivity contribution >= 4 is 12.0 Å². The third kappa shape index (κ3) is 4.35. The van der Waals surface area contributed by atoms with Crippen LogP contribution in [-0.4, -0.2) is 51.9 Å². The number of aromatic nitrogens is 2. The molecule has 1 saturated carbocycles. The molecule has 2 aliphatic rings. The molecule has 2 amide bonds. The molecule has 1 aliphatic carbocycles. The van der Waals surface area contributed by atoms with Crippen LogP contribution in [0.15, 0.2) is 36.5 Å². The Labute approximate surface area is 177 Å². The number of piperidine rings is 1. The van der Waals surface area contributed by atoms with E-state index >= 15 is 0 Å². The van der Waals surface area contributed by atoms with Gasteiger partial charge < -0.3 is 15.0 Å². The van der Waals surface area contributed by atoms with Crippen molar-refractivity contribution in [1.29, 1.82) is 0 Å². The number of benzene rings is 1. The fraction of sp³-hybridized carbons (Fsp3) is 0.522. The minimum atomic E-state index is -0.474. The Bertz CT molecular complexity index is 920. The van der Waals surface area contributed by atoms with Crippen LogP contribution in [0.3, 0.4) is 0 Å². The van der Waals surface area contributed by atoms with Crippen molar-refractivity contribution in [2.75, 3.05) is 19.6 Å². The molecular weight excluding hydrogens is 380 g/mol. The highest BCUT2D eigenvalue weighted by Crippen LogP contribution is 2.51. The van der Waals surface area contributed by atoms with E-state index < -0.39 is 5.60 Å². The zero-order chi connectivity index (χ0) is 21.5. The summed E-state index contributed by atoms with van der Waals surface area (Å²) < 4.78 is 7.22. The minimum absolute atomic E-state index is 0.0806. The average molecular weight is 411 g/mol. The van der Waals surface area contributed by atoms with E-state index in [9.17, 15) is 9.59 Å². The first kappa shape index (κ1) is 20.4. The number of carbonyl (C=O) groups is 2. The van der Waals surface area contributed by atoms with E-state index in [4.69, 9.17) is 4.74 Å². The number of aryl methyl sites for hydroxylation is 1. The van der Waals surface area contributed by atoms with Crippen LogP contribution in [0, 0.1) is 17.8 Å². The molecule has 1 N–H and O–H groups in total. The van der Waals surface area contributed by atoms with E-state index in [-0.39, 0.29) is 12.0 Å². The maximum absolute atomic E-state index is 12.8. The number of carbonyl (C=O) groups excluding carboxylic acids is 2. The molecule has 0 spiro atoms. The molecule has 2 fully saturated rings. The van der Waals surface area contributed by atoms with Crippen LogP contribution in [0.1, 0.15) is 42.4 Å². The van der Waals surface area contributed by atoms with Crippen molar-refractivity contribution in [2.24, 2.45) is 24.8 Å². The molecule has 0 radical (unpaired) electrons. The van der Waals surface area contributed by atoms with Crippen molar-refractivity contribution in [3.8, 4) is 0 Å². The molecule has 1 unspecified atom stereocenters. The molecule has 1 aromatic carbocycles. The molecule has 0 bridgehead atoms. The lowest BCUT2D eigenvalue weighted by molar-refractivity contribution is 0.0265. The molecule has 3 atom stereocenters. The van der Waals surface area contributed by atoms with Gasteiger partial charge in [0.05, 0.1) is 17.5 Å². The number of hydrogen-bond acceptors (Lipinski definition) is 4. The number of nitrogens with zero attached hydrogens (tertiary/aromatic N) is 3. The zero-order valence-corrected chi connectivity index (χ0v) is 18.1. The average Bonchev–Trinajstić information content (AvgIpc) is 3.00. The summed E-state index contributed by atoms with van der Waals surface area (Å²) >= 11 is 0. The zero-order valence-electron chi connectivity index (χ0n) is 18.1. The minimum Gasteiger partial charge on any atom is -0.444 e. The summed E-state index contributed by atoms with van der Waals surface area (Å²) in [5.41, 5.74) is 2.21. The molecule has 1 saturated heterocycles. The molecule has 30 heavy (non-hydrogen) atoms. The second-order valence-electron chi connectivity index (χ2n) is 9.38. The molecule has 1 aliphatic heterocycles. The predicted molar refractivity (Wildman–Crippen MR) is 113 cm³/mol. The predicted octanol–water partition coefficient (Wildman–Crippen LogP) is 2.85. The van der Waals surface area contributed by atoms with Gasteiger partial charge in [-0.05, 0) is 44.1 Å². The number of ether oxygens (including phenoxy) is 1. The summed E-state index contributed by atoms with van der Waals surface area (Å²) in [6, 6.07) is 10.1. The van der Waals surface area contributed by atoms with Crippen LogP contribution < -0.4 is 5.32 Å². The van der Waals surface area contributed by atoms with Gasteiger partial charge in [-0.25, -0.2) is 4.79 Å². The number of amides is 2. The van der Waals surface area contributed by atoms with Crippen LogP contribution in [0.25, 0.3) is 0 Å². The SMILES string of the molecule is Cn1ncc(C(=O)NCC2[C@H]3CN(C(=O)OC(C)(C)C)C[C@@H]23)c1Cc1ccccc1. The van der Waals surface area contributed by atoms with Crippen molar-refractivity contribution in [1.82, 2.24) is 20.0 Å². The van der Waals surface area contributed by atoms with E-state index in [0.717, 1.165) is 11.3 Å². The van der Waals surface area contributed by atoms with Gasteiger partial charge in [0.2, 0.25) is 0 Å². The molecule has 7 nitrogen and oxygen atoms in total. The molecular formula is C23H30N4O3. The third-order valence-electron chi connectivity index (χ3n) is 6.04. The molecule has 2 aromatic rings. The second kappa shape index (κ2) is 7.78. The number of likely N-dealkylation sites (tertiary alicyclic amines) is 1. The van der Waals surface area contributed by atoms with Crippen LogP contribution in [0.2, 0.25) is 0 Å². The van der Waals surface area contributed by atoms with E-state index in [1.807, 2.05) is 46.0 Å². The molecule has 7 heteroatoms. The van der Waals surface area contributed by atoms with E-state index in [2.05, 4.69) is 22.5 Å². The van der Waals surface area contributed by atoms with Crippen LogP contribution in [0.4, 0.5) is 4.79 Å². The summed E-state index contributed by atoms with van der Waals surface area (Å²) in [5, 5.41) is 7.37. The standard InChI is InChI=1S/C23H30N4O3/c1-23(2,3)30-22(29)27-13-18-16(19(18)14-27)11-24-21(28)17-12-25-26(4)20(17)10-15-8-6-5-7-9-15/h5-9,12,16,18-19H,10-11,13-14H2,1-4H3,(H,24,28)/t16?,18-,19+. The summed E-state index contributed by atoms with van der Waals surface area (Å²) in [7, 11) is 1.87. The fourth-order valence-corrected chi connectivity index (χ4v) is 4.38. The number of hydrogen-bond donors (Lipinski definition) is 1. The van der Waals surface area contributed by atoms with E-state index in [1.165, 1.54) is 0 Å². The highest BCUT2D eigenvalue weighted by Gasteiger charge is 2.56. The number of rotatable bonds is 5. The summed E-state index contributed by atoms with van der Waals surface area (Å²) in [4.78, 5) is 26.8. The van der Waals surface area contributed by atoms with Gasteiger partial charge in [-0.3, -0.25) is 9.48 Å². The Morgan fingerprint density at radius 1 is 1.17 bits per heavy atom. The van der Waals surface area contributed by atoms with Crippen LogP contribution in [0.5, 0.6) is 0 Å². The quantitative estimate of drug-likeness (QED) is 0.822. The molecule has 2 heterocycles. The monoisotopic (exact) mass is 410 g/mol. The molecule has 1 aromatic heterocycles. The fourth-order valence-electron chi connectivity index (χ4n) is 4.38. The first-order valence-corrected chi connectivity index (χ1v) is 10.5. The highest BCUT2D eigenvalue weighted by molar-refractivity contribution is 5.95. The lowest BCUT2D eigenvalue weighted by Gasteiger charge is -2.25. The smallest absolute Gasteiger partial charge is 0.410 e. The van der Waals surface area contributed by atoms with Gasteiger partial charge in [0, 0.05) is 33.1 Å². The van der Waals surface area contributed by atoms with Crippen LogP contribution >= 0.6 is 0 Å². The Kier molecular flexibility index (Phi) is 5.30. The summed E-state index contributed by atoms with van der Waals surface area (Å²) in [6.07, 6.45) is 2.07. The maximum atomic E-state index is 12.8. The van der Waals surface area contributed by atoms with Crippen LogP contribution in [-0.2, 0) is 18.2 Å². The van der Waals surface area contributed by atoms with Gasteiger partial charge in [0.1, 0.15) is 5.60 Å². The normalized spacial score (nSPS) is 22.5. The van der Waals surface area contributed by atoms with Crippen molar-refractivity contribution in [2.45, 2.75) is 32.8 Å². The van der Waals surface area contributed by atoms with Gasteiger partial charge in [-0.15, -0.1) is 0 Å². The second-order valence-corrected chi connectivity index (χ2v) is 9.38. The van der Waals surface area contributed by atoms with E-state index in [0.29, 0.717) is 49.4 Å². The van der Waals surface area contributed by atoms with Crippen molar-refractivity contribution in [3.63, 3.8) is 0 Å². The first-order valence-electron chi connectivity index (χ1n) is 10.5. The molecule has 160 valence electrons. The molecule has 4 rings (SSSR count). The number of fused-ring (bicyclic) bond motifs is 1.